The molecule has 0 atom stereocenters. The number of halogens is 3. The molecule has 13 heteroatoms. The fraction of sp³-hybridized carbons (Fsp3) is 0.300. The highest BCUT2D eigenvalue weighted by Crippen LogP contribution is 2.32. The van der Waals surface area contributed by atoms with Gasteiger partial charge in [-0.15, -0.1) is 0 Å². The monoisotopic (exact) mass is 471 g/mol. The molecular weight excluding hydrogens is 451 g/mol. The Morgan fingerprint density at radius 2 is 1.55 bits per heavy atom. The summed E-state index contributed by atoms with van der Waals surface area (Å²) < 4.78 is 39.0. The molecule has 1 heterocycles. The summed E-state index contributed by atoms with van der Waals surface area (Å²) in [4.78, 5) is 48.7. The molecule has 0 unspecified atom stereocenters. The molecule has 2 rings (SSSR count). The number of carboxylic acid groups (broad SMARTS) is 1. The minimum atomic E-state index is -4.69. The Bertz CT molecular complexity index is 1140. The van der Waals surface area contributed by atoms with Gasteiger partial charge >= 0.3 is 12.1 Å². The van der Waals surface area contributed by atoms with E-state index >= 15 is 0 Å². The third-order valence-electron chi connectivity index (χ3n) is 4.30. The maximum atomic E-state index is 13.0. The smallest absolute Gasteiger partial charge is 0.416 e. The lowest BCUT2D eigenvalue weighted by molar-refractivity contribution is -0.138. The van der Waals surface area contributed by atoms with Crippen LogP contribution in [0.4, 0.5) is 13.2 Å². The van der Waals surface area contributed by atoms with Gasteiger partial charge in [-0.3, -0.25) is 19.2 Å². The van der Waals surface area contributed by atoms with Crippen LogP contribution in [-0.2, 0) is 11.0 Å². The lowest BCUT2D eigenvalue weighted by Crippen LogP contribution is -2.37. The molecule has 0 aliphatic rings. The summed E-state index contributed by atoms with van der Waals surface area (Å²) in [7, 11) is 0. The van der Waals surface area contributed by atoms with Crippen LogP contribution in [0.5, 0.6) is 11.6 Å². The van der Waals surface area contributed by atoms with Gasteiger partial charge in [0.2, 0.25) is 5.88 Å². The number of amides is 2. The quantitative estimate of drug-likeness (QED) is 0.409. The molecule has 5 N–H and O–H groups in total. The Morgan fingerprint density at radius 1 is 1.00 bits per heavy atom. The van der Waals surface area contributed by atoms with Crippen molar-refractivity contribution < 1.29 is 42.9 Å². The highest BCUT2D eigenvalue weighted by molar-refractivity contribution is 6.05. The summed E-state index contributed by atoms with van der Waals surface area (Å²) >= 11 is 0. The molecule has 0 fully saturated rings. The fourth-order valence-electron chi connectivity index (χ4n) is 2.73. The van der Waals surface area contributed by atoms with Crippen LogP contribution >= 0.6 is 0 Å². The lowest BCUT2D eigenvalue weighted by atomic mass is 10.1. The number of rotatable bonds is 7. The summed E-state index contributed by atoms with van der Waals surface area (Å²) in [5.41, 5.74) is -4.71. The highest BCUT2D eigenvalue weighted by Gasteiger charge is 2.32. The average molecular weight is 471 g/mol. The highest BCUT2D eigenvalue weighted by atomic mass is 19.4. The Morgan fingerprint density at radius 3 is 2.03 bits per heavy atom. The van der Waals surface area contributed by atoms with Gasteiger partial charge in [-0.1, -0.05) is 13.8 Å². The first-order valence-corrected chi connectivity index (χ1v) is 9.42. The number of alkyl halides is 3. The fourth-order valence-corrected chi connectivity index (χ4v) is 2.73. The zero-order chi connectivity index (χ0) is 25.1. The first-order chi connectivity index (χ1) is 15.3. The number of carbonyl (C=O) groups excluding carboxylic acids is 2. The van der Waals surface area contributed by atoms with Crippen molar-refractivity contribution in [1.82, 2.24) is 15.2 Å². The summed E-state index contributed by atoms with van der Waals surface area (Å²) in [6.45, 7) is 2.62. The molecule has 0 bridgehead atoms. The maximum Gasteiger partial charge on any atom is 0.416 e. The van der Waals surface area contributed by atoms with Gasteiger partial charge in [0, 0.05) is 6.54 Å². The minimum Gasteiger partial charge on any atom is -0.506 e. The molecule has 10 nitrogen and oxygen atoms in total. The third kappa shape index (κ3) is 5.61. The van der Waals surface area contributed by atoms with Gasteiger partial charge in [0.05, 0.1) is 11.3 Å². The maximum absolute atomic E-state index is 13.0. The van der Waals surface area contributed by atoms with E-state index in [9.17, 15) is 42.6 Å². The average Bonchev–Trinajstić information content (AvgIpc) is 2.70. The van der Waals surface area contributed by atoms with Crippen LogP contribution < -0.4 is 16.2 Å². The molecule has 0 aliphatic carbocycles. The number of aromatic hydroxyl groups is 2. The van der Waals surface area contributed by atoms with E-state index < -0.39 is 64.4 Å². The summed E-state index contributed by atoms with van der Waals surface area (Å²) in [6.07, 6.45) is -4.69. The van der Waals surface area contributed by atoms with Crippen LogP contribution in [0.15, 0.2) is 29.1 Å². The van der Waals surface area contributed by atoms with Crippen LogP contribution in [0.3, 0.4) is 0 Å². The Labute approximate surface area is 184 Å². The Kier molecular flexibility index (Phi) is 7.36. The normalized spacial score (nSPS) is 11.3. The van der Waals surface area contributed by atoms with Crippen molar-refractivity contribution in [3.63, 3.8) is 0 Å². The van der Waals surface area contributed by atoms with E-state index in [1.807, 2.05) is 5.32 Å². The molecule has 0 saturated carbocycles. The van der Waals surface area contributed by atoms with Crippen molar-refractivity contribution in [2.45, 2.75) is 20.0 Å². The number of carboxylic acids is 1. The second-order valence-corrected chi connectivity index (χ2v) is 7.29. The van der Waals surface area contributed by atoms with Crippen LogP contribution in [0.1, 0.15) is 40.1 Å². The van der Waals surface area contributed by atoms with E-state index in [0.717, 1.165) is 12.1 Å². The van der Waals surface area contributed by atoms with Gasteiger partial charge in [-0.2, -0.15) is 13.2 Å². The predicted molar refractivity (Wildman–Crippen MR) is 108 cm³/mol. The van der Waals surface area contributed by atoms with Crippen molar-refractivity contribution in [3.05, 3.63) is 51.3 Å². The van der Waals surface area contributed by atoms with Crippen molar-refractivity contribution >= 4 is 17.8 Å². The van der Waals surface area contributed by atoms with Crippen molar-refractivity contribution in [3.8, 4) is 17.3 Å². The van der Waals surface area contributed by atoms with E-state index in [1.54, 1.807) is 13.8 Å². The van der Waals surface area contributed by atoms with E-state index in [2.05, 4.69) is 5.32 Å². The van der Waals surface area contributed by atoms with E-state index in [0.29, 0.717) is 16.7 Å². The molecule has 0 saturated heterocycles. The number of carbonyl (C=O) groups is 3. The predicted octanol–water partition coefficient (Wildman–Crippen LogP) is 1.47. The van der Waals surface area contributed by atoms with Crippen molar-refractivity contribution in [2.75, 3.05) is 13.1 Å². The SMILES string of the molecule is CC(C)CNC(=O)c1c(O)c(C(=O)NCC(=O)O)c(O)n(-c2ccc(C(F)(F)F)cc2)c1=O. The number of aliphatic carboxylic acids is 1. The van der Waals surface area contributed by atoms with Crippen LogP contribution in [0.2, 0.25) is 0 Å². The van der Waals surface area contributed by atoms with E-state index in [1.165, 1.54) is 0 Å². The number of hydrogen-bond donors (Lipinski definition) is 5. The number of pyridine rings is 1. The van der Waals surface area contributed by atoms with E-state index in [4.69, 9.17) is 5.11 Å². The van der Waals surface area contributed by atoms with Gasteiger partial charge in [0.25, 0.3) is 17.4 Å². The van der Waals surface area contributed by atoms with Gasteiger partial charge in [0.1, 0.15) is 17.7 Å². The zero-order valence-corrected chi connectivity index (χ0v) is 17.4. The Balaban J connectivity index is 2.75. The minimum absolute atomic E-state index is 0.0660. The molecule has 2 amide bonds. The van der Waals surface area contributed by atoms with E-state index in [-0.39, 0.29) is 18.2 Å². The van der Waals surface area contributed by atoms with Gasteiger partial charge in [0.15, 0.2) is 5.75 Å². The molecule has 1 aromatic heterocycles. The van der Waals surface area contributed by atoms with Gasteiger partial charge in [-0.25, -0.2) is 4.57 Å². The van der Waals surface area contributed by atoms with Crippen molar-refractivity contribution in [1.29, 1.82) is 0 Å². The first kappa shape index (κ1) is 25.2. The number of aromatic nitrogens is 1. The van der Waals surface area contributed by atoms with Crippen LogP contribution in [-0.4, -0.2) is 50.8 Å². The first-order valence-electron chi connectivity index (χ1n) is 9.42. The Hall–Kier alpha value is -4.03. The molecule has 0 aliphatic heterocycles. The number of nitrogens with zero attached hydrogens (tertiary/aromatic N) is 1. The third-order valence-corrected chi connectivity index (χ3v) is 4.30. The zero-order valence-electron chi connectivity index (χ0n) is 17.4. The molecule has 178 valence electrons. The molecule has 33 heavy (non-hydrogen) atoms. The number of hydrogen-bond acceptors (Lipinski definition) is 6. The standard InChI is InChI=1S/C20H20F3N3O7/c1-9(2)7-24-16(30)13-15(29)14(17(31)25-8-12(27)28)19(33)26(18(13)32)11-5-3-10(4-6-11)20(21,22)23/h3-6,9,29,33H,7-8H2,1-2H3,(H,24,30)(H,25,31)(H,27,28). The molecule has 0 radical (unpaired) electrons. The molecule has 0 spiro atoms. The second-order valence-electron chi connectivity index (χ2n) is 7.29. The van der Waals surface area contributed by atoms with Crippen LogP contribution in [0.25, 0.3) is 5.69 Å². The number of benzene rings is 1. The van der Waals surface area contributed by atoms with Gasteiger partial charge in [-0.05, 0) is 30.2 Å². The largest absolute Gasteiger partial charge is 0.506 e. The summed E-state index contributed by atoms with van der Waals surface area (Å²) in [5.74, 6) is -6.41. The lowest BCUT2D eigenvalue weighted by Gasteiger charge is -2.17. The topological polar surface area (TPSA) is 158 Å². The molecular formula is C20H20F3N3O7. The summed E-state index contributed by atoms with van der Waals surface area (Å²) in [5, 5.41) is 33.9. The molecule has 1 aromatic carbocycles. The van der Waals surface area contributed by atoms with Crippen molar-refractivity contribution in [2.24, 2.45) is 5.92 Å². The number of nitrogens with one attached hydrogen (secondary N) is 2. The van der Waals surface area contributed by atoms with Crippen LogP contribution in [0, 0.1) is 5.92 Å². The summed E-state index contributed by atoms with van der Waals surface area (Å²) in [6, 6.07) is 2.85. The second kappa shape index (κ2) is 9.63. The molecule has 2 aromatic rings. The van der Waals surface area contributed by atoms with Gasteiger partial charge < -0.3 is 26.0 Å².